The molecule has 3 heterocycles. The summed E-state index contributed by atoms with van der Waals surface area (Å²) in [6.45, 7) is 12.2. The molecule has 0 radical (unpaired) electrons. The number of aromatic nitrogens is 5. The summed E-state index contributed by atoms with van der Waals surface area (Å²) in [5.41, 5.74) is 8.02. The second-order valence-electron chi connectivity index (χ2n) is 12.6. The van der Waals surface area contributed by atoms with Crippen LogP contribution in [0.1, 0.15) is 66.5 Å². The lowest BCUT2D eigenvalue weighted by Crippen LogP contribution is -2.33. The highest BCUT2D eigenvalue weighted by Crippen LogP contribution is 2.44. The second-order valence-corrected chi connectivity index (χ2v) is 12.6. The summed E-state index contributed by atoms with van der Waals surface area (Å²) >= 11 is 0. The van der Waals surface area contributed by atoms with Crippen LogP contribution in [0.2, 0.25) is 0 Å². The van der Waals surface area contributed by atoms with Crippen LogP contribution in [0.3, 0.4) is 0 Å². The number of carboxylic acid groups (broad SMARTS) is 1. The molecular weight excluding hydrogens is 540 g/mol. The molecule has 5 aromatic rings. The van der Waals surface area contributed by atoms with E-state index in [0.717, 1.165) is 76.0 Å². The number of hydrogen-bond acceptors (Lipinski definition) is 6. The van der Waals surface area contributed by atoms with Gasteiger partial charge in [-0.2, -0.15) is 5.10 Å². The number of carbonyl (C=O) groups is 1. The van der Waals surface area contributed by atoms with Crippen molar-refractivity contribution in [2.45, 2.75) is 66.2 Å². The highest BCUT2D eigenvalue weighted by atomic mass is 16.5. The largest absolute Gasteiger partial charge is 0.489 e. The topological polar surface area (TPSA) is 98.3 Å². The second kappa shape index (κ2) is 10.8. The van der Waals surface area contributed by atoms with Crippen molar-refractivity contribution in [2.24, 2.45) is 19.5 Å². The van der Waals surface area contributed by atoms with E-state index in [-0.39, 0.29) is 12.0 Å². The van der Waals surface area contributed by atoms with Crippen molar-refractivity contribution < 1.29 is 14.6 Å². The van der Waals surface area contributed by atoms with Gasteiger partial charge in [0.25, 0.3) is 0 Å². The van der Waals surface area contributed by atoms with E-state index in [1.165, 1.54) is 11.1 Å². The number of nitrogens with zero attached hydrogens (tertiary/aromatic N) is 6. The van der Waals surface area contributed by atoms with Crippen LogP contribution in [0.25, 0.3) is 21.9 Å². The van der Waals surface area contributed by atoms with Crippen LogP contribution < -0.4 is 4.74 Å². The predicted octanol–water partition coefficient (Wildman–Crippen LogP) is 5.89. The van der Waals surface area contributed by atoms with Gasteiger partial charge < -0.3 is 9.84 Å². The molecule has 3 aromatic carbocycles. The molecule has 0 spiro atoms. The van der Waals surface area contributed by atoms with E-state index >= 15 is 0 Å². The smallest absolute Gasteiger partial charge is 0.310 e. The molecule has 224 valence electrons. The van der Waals surface area contributed by atoms with Crippen molar-refractivity contribution in [1.29, 1.82) is 0 Å². The fourth-order valence-corrected chi connectivity index (χ4v) is 6.55. The van der Waals surface area contributed by atoms with E-state index in [1.54, 1.807) is 4.68 Å². The Morgan fingerprint density at radius 1 is 1.14 bits per heavy atom. The Bertz CT molecular complexity index is 1850. The number of aryl methyl sites for hydroxylation is 4. The summed E-state index contributed by atoms with van der Waals surface area (Å²) in [4.78, 5) is 15.2. The molecule has 0 bridgehead atoms. The van der Waals surface area contributed by atoms with Crippen molar-refractivity contribution in [1.82, 2.24) is 29.7 Å². The van der Waals surface area contributed by atoms with Crippen LogP contribution in [0.4, 0.5) is 0 Å². The quantitative estimate of drug-likeness (QED) is 0.256. The van der Waals surface area contributed by atoms with Gasteiger partial charge in [-0.05, 0) is 74.1 Å². The van der Waals surface area contributed by atoms with E-state index in [9.17, 15) is 9.90 Å². The number of rotatable bonds is 7. The number of carboxylic acids is 1. The number of hydrogen-bond donors (Lipinski definition) is 1. The highest BCUT2D eigenvalue weighted by molar-refractivity contribution is 5.82. The maximum absolute atomic E-state index is 12.7. The minimum absolute atomic E-state index is 0.0611. The Balaban J connectivity index is 1.39. The highest BCUT2D eigenvalue weighted by Gasteiger charge is 2.40. The first-order valence-corrected chi connectivity index (χ1v) is 14.9. The zero-order valence-electron chi connectivity index (χ0n) is 26.0. The van der Waals surface area contributed by atoms with Gasteiger partial charge in [-0.3, -0.25) is 14.4 Å². The number of ether oxygens (including phenoxy) is 1. The zero-order chi connectivity index (χ0) is 30.6. The van der Waals surface area contributed by atoms with E-state index in [1.807, 2.05) is 57.9 Å². The summed E-state index contributed by atoms with van der Waals surface area (Å²) in [5.74, 6) is -0.317. The Hall–Kier alpha value is -4.24. The molecule has 0 aliphatic carbocycles. The number of fused-ring (bicyclic) bond motifs is 3. The van der Waals surface area contributed by atoms with E-state index in [4.69, 9.17) is 4.74 Å². The first-order chi connectivity index (χ1) is 20.5. The molecule has 9 nitrogen and oxygen atoms in total. The Labute approximate surface area is 252 Å². The fraction of sp³-hybridized carbons (Fsp3) is 0.412. The molecule has 0 fully saturated rings. The minimum atomic E-state index is -1.06. The monoisotopic (exact) mass is 580 g/mol. The SMILES string of the molecule is CC[C@@H]1CN(Cc2cc(C(c3ccc4c(nnn4C)c3C)C(C)(C)C(=O)O)ccc2C)Cc2cc3cn(C)nc3cc2O1. The Kier molecular flexibility index (Phi) is 7.24. The third kappa shape index (κ3) is 5.16. The average Bonchev–Trinajstić information content (AvgIpc) is 3.46. The zero-order valence-corrected chi connectivity index (χ0v) is 26.0. The van der Waals surface area contributed by atoms with Gasteiger partial charge in [0.15, 0.2) is 0 Å². The first kappa shape index (κ1) is 28.9. The van der Waals surface area contributed by atoms with Crippen LogP contribution in [-0.2, 0) is 32.0 Å². The average molecular weight is 581 g/mol. The standard InChI is InChI=1S/C34H40N6O3/c1-8-26-19-40(18-25-14-24-16-38(6)36-28(24)15-30(25)43-26)17-23-13-22(10-9-20(23)2)31(34(4,5)33(41)42)27-11-12-29-32(21(27)3)35-37-39(29)7/h9-16,26,31H,8,17-19H2,1-7H3,(H,41,42)/t26-,31?/m1/s1. The minimum Gasteiger partial charge on any atom is -0.489 e. The molecule has 1 aliphatic heterocycles. The van der Waals surface area contributed by atoms with E-state index in [0.29, 0.717) is 0 Å². The molecule has 1 unspecified atom stereocenters. The van der Waals surface area contributed by atoms with Gasteiger partial charge in [0.2, 0.25) is 0 Å². The third-order valence-electron chi connectivity index (χ3n) is 9.17. The summed E-state index contributed by atoms with van der Waals surface area (Å²) in [5, 5.41) is 24.7. The maximum atomic E-state index is 12.7. The molecule has 9 heteroatoms. The van der Waals surface area contributed by atoms with Crippen molar-refractivity contribution in [3.05, 3.63) is 82.0 Å². The summed E-state index contributed by atoms with van der Waals surface area (Å²) in [7, 11) is 3.81. The normalized spacial score (nSPS) is 16.7. The van der Waals surface area contributed by atoms with Crippen molar-refractivity contribution >= 4 is 27.9 Å². The summed E-state index contributed by atoms with van der Waals surface area (Å²) in [6, 6.07) is 14.7. The van der Waals surface area contributed by atoms with Gasteiger partial charge in [-0.15, -0.1) is 5.10 Å². The van der Waals surface area contributed by atoms with Gasteiger partial charge in [0, 0.05) is 62.9 Å². The van der Waals surface area contributed by atoms with Crippen LogP contribution in [0.15, 0.2) is 48.7 Å². The Morgan fingerprint density at radius 3 is 2.67 bits per heavy atom. The van der Waals surface area contributed by atoms with Crippen LogP contribution in [0, 0.1) is 19.3 Å². The summed E-state index contributed by atoms with van der Waals surface area (Å²) < 4.78 is 10.1. The lowest BCUT2D eigenvalue weighted by atomic mass is 9.69. The van der Waals surface area contributed by atoms with E-state index in [2.05, 4.69) is 64.5 Å². The van der Waals surface area contributed by atoms with Gasteiger partial charge in [-0.25, -0.2) is 4.68 Å². The molecular formula is C34H40N6O3. The maximum Gasteiger partial charge on any atom is 0.310 e. The van der Waals surface area contributed by atoms with Gasteiger partial charge in [0.05, 0.1) is 16.4 Å². The molecule has 6 rings (SSSR count). The molecule has 0 saturated carbocycles. The fourth-order valence-electron chi connectivity index (χ4n) is 6.55. The number of benzene rings is 3. The number of aliphatic carboxylic acids is 1. The van der Waals surface area contributed by atoms with Crippen LogP contribution in [-0.4, -0.2) is 53.4 Å². The third-order valence-corrected chi connectivity index (χ3v) is 9.17. The predicted molar refractivity (Wildman–Crippen MR) is 167 cm³/mol. The Morgan fingerprint density at radius 2 is 1.93 bits per heavy atom. The first-order valence-electron chi connectivity index (χ1n) is 14.9. The summed E-state index contributed by atoms with van der Waals surface area (Å²) in [6.07, 6.45) is 3.00. The molecule has 0 amide bonds. The van der Waals surface area contributed by atoms with Crippen molar-refractivity contribution in [3.8, 4) is 5.75 Å². The van der Waals surface area contributed by atoms with Crippen molar-refractivity contribution in [3.63, 3.8) is 0 Å². The molecule has 43 heavy (non-hydrogen) atoms. The molecule has 1 N–H and O–H groups in total. The van der Waals surface area contributed by atoms with Gasteiger partial charge in [0.1, 0.15) is 17.4 Å². The van der Waals surface area contributed by atoms with Gasteiger partial charge >= 0.3 is 5.97 Å². The lowest BCUT2D eigenvalue weighted by Gasteiger charge is -2.33. The molecule has 2 aromatic heterocycles. The molecule has 0 saturated heterocycles. The molecule has 2 atom stereocenters. The van der Waals surface area contributed by atoms with Crippen LogP contribution in [0.5, 0.6) is 5.75 Å². The van der Waals surface area contributed by atoms with E-state index < -0.39 is 11.4 Å². The van der Waals surface area contributed by atoms with Gasteiger partial charge in [-0.1, -0.05) is 36.4 Å². The van der Waals surface area contributed by atoms with Crippen LogP contribution >= 0.6 is 0 Å². The lowest BCUT2D eigenvalue weighted by molar-refractivity contribution is -0.147. The molecule has 1 aliphatic rings. The van der Waals surface area contributed by atoms with Crippen molar-refractivity contribution in [2.75, 3.05) is 6.54 Å².